The molecule has 2 heterocycles. The van der Waals surface area contributed by atoms with Gasteiger partial charge in [-0.1, -0.05) is 12.1 Å². The van der Waals surface area contributed by atoms with Crippen LogP contribution < -0.4 is 5.32 Å². The van der Waals surface area contributed by atoms with Gasteiger partial charge < -0.3 is 15.0 Å². The Morgan fingerprint density at radius 2 is 1.92 bits per heavy atom. The van der Waals surface area contributed by atoms with Crippen LogP contribution in [0.25, 0.3) is 0 Å². The Labute approximate surface area is 167 Å². The summed E-state index contributed by atoms with van der Waals surface area (Å²) in [7, 11) is 0. The molecule has 1 aromatic rings. The third-order valence-electron chi connectivity index (χ3n) is 4.80. The van der Waals surface area contributed by atoms with E-state index in [9.17, 15) is 9.18 Å². The Balaban J connectivity index is 0.00000169. The van der Waals surface area contributed by atoms with Crippen molar-refractivity contribution in [1.82, 2.24) is 15.1 Å². The molecule has 1 aromatic carbocycles. The first kappa shape index (κ1) is 23.1. The molecule has 1 amide bonds. The summed E-state index contributed by atoms with van der Waals surface area (Å²) in [4.78, 5) is 17.0. The third kappa shape index (κ3) is 6.06. The van der Waals surface area contributed by atoms with E-state index in [4.69, 9.17) is 4.74 Å². The first-order chi connectivity index (χ1) is 11.6. The van der Waals surface area contributed by atoms with Crippen LogP contribution in [-0.4, -0.2) is 67.2 Å². The van der Waals surface area contributed by atoms with Crippen LogP contribution in [0.4, 0.5) is 4.39 Å². The Kier molecular flexibility index (Phi) is 9.82. The molecule has 26 heavy (non-hydrogen) atoms. The number of amides is 1. The van der Waals surface area contributed by atoms with Crippen molar-refractivity contribution >= 4 is 30.7 Å². The zero-order chi connectivity index (χ0) is 16.9. The summed E-state index contributed by atoms with van der Waals surface area (Å²) in [5.41, 5.74) is 1.10. The highest BCUT2D eigenvalue weighted by Crippen LogP contribution is 2.13. The van der Waals surface area contributed by atoms with E-state index in [1.807, 2.05) is 24.0 Å². The van der Waals surface area contributed by atoms with Crippen LogP contribution in [0, 0.1) is 5.82 Å². The highest BCUT2D eigenvalue weighted by molar-refractivity contribution is 5.85. The predicted octanol–water partition coefficient (Wildman–Crippen LogP) is 2.08. The van der Waals surface area contributed by atoms with Crippen molar-refractivity contribution in [3.63, 3.8) is 0 Å². The highest BCUT2D eigenvalue weighted by Gasteiger charge is 2.32. The quantitative estimate of drug-likeness (QED) is 0.832. The fourth-order valence-corrected chi connectivity index (χ4v) is 3.40. The average molecular weight is 408 g/mol. The Morgan fingerprint density at radius 3 is 2.62 bits per heavy atom. The predicted molar refractivity (Wildman–Crippen MR) is 105 cm³/mol. The van der Waals surface area contributed by atoms with Crippen molar-refractivity contribution in [3.8, 4) is 0 Å². The molecule has 1 N–H and O–H groups in total. The zero-order valence-corrected chi connectivity index (χ0v) is 16.7. The van der Waals surface area contributed by atoms with E-state index in [1.165, 1.54) is 12.1 Å². The van der Waals surface area contributed by atoms with Crippen molar-refractivity contribution in [1.29, 1.82) is 0 Å². The number of hydrogen-bond acceptors (Lipinski definition) is 4. The van der Waals surface area contributed by atoms with Gasteiger partial charge >= 0.3 is 0 Å². The summed E-state index contributed by atoms with van der Waals surface area (Å²) in [6.45, 7) is 7.43. The third-order valence-corrected chi connectivity index (χ3v) is 4.80. The van der Waals surface area contributed by atoms with Crippen LogP contribution in [0.15, 0.2) is 24.3 Å². The first-order valence-electron chi connectivity index (χ1n) is 8.74. The SMILES string of the molecule is C[C@H]1OCCN[C@@H]1C(=O)N1CCCN(Cc2ccc(F)cc2)CC1.Cl.Cl. The fraction of sp³-hybridized carbons (Fsp3) is 0.611. The van der Waals surface area contributed by atoms with Gasteiger partial charge in [0.25, 0.3) is 0 Å². The van der Waals surface area contributed by atoms with Crippen molar-refractivity contribution in [3.05, 3.63) is 35.6 Å². The second-order valence-corrected chi connectivity index (χ2v) is 6.59. The second-order valence-electron chi connectivity index (χ2n) is 6.59. The lowest BCUT2D eigenvalue weighted by molar-refractivity contribution is -0.139. The lowest BCUT2D eigenvalue weighted by atomic mass is 10.1. The maximum absolute atomic E-state index is 13.0. The number of nitrogens with zero attached hydrogens (tertiary/aromatic N) is 2. The number of ether oxygens (including phenoxy) is 1. The van der Waals surface area contributed by atoms with Crippen LogP contribution >= 0.6 is 24.8 Å². The molecule has 2 atom stereocenters. The standard InChI is InChI=1S/C18H26FN3O2.2ClH/c1-14-17(20-7-12-24-14)18(23)22-9-2-8-21(10-11-22)13-15-3-5-16(19)6-4-15;;/h3-6,14,17,20H,2,7-13H2,1H3;2*1H/t14-,17+;;/m1../s1. The molecule has 0 bridgehead atoms. The lowest BCUT2D eigenvalue weighted by Crippen LogP contribution is -2.56. The van der Waals surface area contributed by atoms with E-state index in [0.717, 1.165) is 51.3 Å². The van der Waals surface area contributed by atoms with E-state index in [2.05, 4.69) is 10.2 Å². The van der Waals surface area contributed by atoms with Gasteiger partial charge in [0, 0.05) is 39.3 Å². The molecule has 8 heteroatoms. The van der Waals surface area contributed by atoms with Gasteiger partial charge in [0.1, 0.15) is 11.9 Å². The number of halogens is 3. The molecule has 0 aromatic heterocycles. The minimum atomic E-state index is -0.234. The van der Waals surface area contributed by atoms with Gasteiger partial charge in [-0.2, -0.15) is 0 Å². The van der Waals surface area contributed by atoms with Gasteiger partial charge in [-0.25, -0.2) is 4.39 Å². The van der Waals surface area contributed by atoms with E-state index in [-0.39, 0.29) is 48.7 Å². The summed E-state index contributed by atoms with van der Waals surface area (Å²) < 4.78 is 18.6. The van der Waals surface area contributed by atoms with Crippen molar-refractivity contribution in [2.75, 3.05) is 39.3 Å². The molecule has 0 unspecified atom stereocenters. The number of carbonyl (C=O) groups is 1. The summed E-state index contributed by atoms with van der Waals surface area (Å²) in [6, 6.07) is 6.42. The van der Waals surface area contributed by atoms with Gasteiger partial charge in [-0.3, -0.25) is 9.69 Å². The van der Waals surface area contributed by atoms with Gasteiger partial charge in [-0.05, 0) is 31.0 Å². The van der Waals surface area contributed by atoms with E-state index in [0.29, 0.717) is 6.61 Å². The van der Waals surface area contributed by atoms with Crippen molar-refractivity contribution in [2.45, 2.75) is 32.0 Å². The molecule has 0 aliphatic carbocycles. The smallest absolute Gasteiger partial charge is 0.242 e. The van der Waals surface area contributed by atoms with Crippen LogP contribution in [0.1, 0.15) is 18.9 Å². The normalized spacial score (nSPS) is 24.2. The summed E-state index contributed by atoms with van der Waals surface area (Å²) in [5, 5.41) is 3.28. The molecule has 2 aliphatic rings. The van der Waals surface area contributed by atoms with E-state index < -0.39 is 0 Å². The molecule has 0 saturated carbocycles. The fourth-order valence-electron chi connectivity index (χ4n) is 3.40. The highest BCUT2D eigenvalue weighted by atomic mass is 35.5. The minimum absolute atomic E-state index is 0. The topological polar surface area (TPSA) is 44.8 Å². The molecule has 2 aliphatic heterocycles. The van der Waals surface area contributed by atoms with Gasteiger partial charge in [0.05, 0.1) is 12.7 Å². The molecule has 0 radical (unpaired) electrons. The molecule has 2 fully saturated rings. The number of rotatable bonds is 3. The van der Waals surface area contributed by atoms with Gasteiger partial charge in [-0.15, -0.1) is 24.8 Å². The van der Waals surface area contributed by atoms with Crippen molar-refractivity contribution < 1.29 is 13.9 Å². The Morgan fingerprint density at radius 1 is 1.19 bits per heavy atom. The van der Waals surface area contributed by atoms with Crippen LogP contribution in [-0.2, 0) is 16.1 Å². The molecule has 0 spiro atoms. The molecule has 2 saturated heterocycles. The number of morpholine rings is 1. The van der Waals surface area contributed by atoms with Gasteiger partial charge in [0.2, 0.25) is 5.91 Å². The number of benzene rings is 1. The lowest BCUT2D eigenvalue weighted by Gasteiger charge is -2.33. The van der Waals surface area contributed by atoms with Crippen LogP contribution in [0.2, 0.25) is 0 Å². The first-order valence-corrected chi connectivity index (χ1v) is 8.74. The monoisotopic (exact) mass is 407 g/mol. The van der Waals surface area contributed by atoms with Crippen LogP contribution in [0.5, 0.6) is 0 Å². The van der Waals surface area contributed by atoms with E-state index in [1.54, 1.807) is 0 Å². The maximum atomic E-state index is 13.0. The van der Waals surface area contributed by atoms with Crippen molar-refractivity contribution in [2.24, 2.45) is 0 Å². The Bertz CT molecular complexity index is 562. The summed E-state index contributed by atoms with van der Waals surface area (Å²) in [6.07, 6.45) is 0.874. The molecular weight excluding hydrogens is 380 g/mol. The summed E-state index contributed by atoms with van der Waals surface area (Å²) >= 11 is 0. The molecule has 148 valence electrons. The number of nitrogens with one attached hydrogen (secondary N) is 1. The molecule has 3 rings (SSSR count). The average Bonchev–Trinajstić information content (AvgIpc) is 2.82. The molecule has 5 nitrogen and oxygen atoms in total. The largest absolute Gasteiger partial charge is 0.375 e. The maximum Gasteiger partial charge on any atom is 0.242 e. The van der Waals surface area contributed by atoms with Crippen LogP contribution in [0.3, 0.4) is 0 Å². The summed E-state index contributed by atoms with van der Waals surface area (Å²) in [5.74, 6) is -0.0615. The molecular formula is C18H28Cl2FN3O2. The Hall–Kier alpha value is -0.920. The van der Waals surface area contributed by atoms with E-state index >= 15 is 0 Å². The second kappa shape index (κ2) is 11.0. The zero-order valence-electron chi connectivity index (χ0n) is 15.0. The van der Waals surface area contributed by atoms with Gasteiger partial charge in [0.15, 0.2) is 0 Å². The number of carbonyl (C=O) groups excluding carboxylic acids is 1. The number of hydrogen-bond donors (Lipinski definition) is 1. The minimum Gasteiger partial charge on any atom is -0.375 e.